The topological polar surface area (TPSA) is 142 Å². The minimum absolute atomic E-state index is 0.0326. The molecule has 31 heavy (non-hydrogen) atoms. The SMILES string of the molecule is COC(=O)C1=C(C(=O)c2cccc([N+](=O)[O-])c2)[C@@H](c2cccc(F)c2)n2nnnc2N1. The van der Waals surface area contributed by atoms with Gasteiger partial charge in [-0.3, -0.25) is 14.9 Å². The predicted molar refractivity (Wildman–Crippen MR) is 102 cm³/mol. The van der Waals surface area contributed by atoms with Crippen LogP contribution in [0.4, 0.5) is 16.0 Å². The zero-order valence-electron chi connectivity index (χ0n) is 15.9. The highest BCUT2D eigenvalue weighted by molar-refractivity contribution is 6.15. The fourth-order valence-corrected chi connectivity index (χ4v) is 3.29. The first-order valence-corrected chi connectivity index (χ1v) is 8.82. The van der Waals surface area contributed by atoms with Gasteiger partial charge in [-0.15, -0.1) is 0 Å². The molecule has 0 amide bonds. The molecule has 3 aromatic rings. The summed E-state index contributed by atoms with van der Waals surface area (Å²) in [5.74, 6) is -2.14. The number of rotatable bonds is 5. The van der Waals surface area contributed by atoms with Crippen LogP contribution in [-0.2, 0) is 9.53 Å². The molecule has 1 aliphatic rings. The number of non-ortho nitro benzene ring substituents is 1. The number of nitro groups is 1. The Bertz CT molecular complexity index is 1250. The van der Waals surface area contributed by atoms with E-state index >= 15 is 0 Å². The highest BCUT2D eigenvalue weighted by atomic mass is 19.1. The Kier molecular flexibility index (Phi) is 4.95. The summed E-state index contributed by atoms with van der Waals surface area (Å²) >= 11 is 0. The van der Waals surface area contributed by atoms with Crippen molar-refractivity contribution in [2.45, 2.75) is 6.04 Å². The van der Waals surface area contributed by atoms with Crippen molar-refractivity contribution in [1.29, 1.82) is 0 Å². The number of esters is 1. The lowest BCUT2D eigenvalue weighted by Crippen LogP contribution is -2.33. The number of nitrogens with one attached hydrogen (secondary N) is 1. The van der Waals surface area contributed by atoms with Crippen LogP contribution in [0.25, 0.3) is 0 Å². The first-order valence-electron chi connectivity index (χ1n) is 8.82. The fourth-order valence-electron chi connectivity index (χ4n) is 3.29. The van der Waals surface area contributed by atoms with Crippen LogP contribution in [0.2, 0.25) is 0 Å². The molecular formula is C19H13FN6O5. The first-order chi connectivity index (χ1) is 14.9. The number of ether oxygens (including phenoxy) is 1. The molecule has 0 saturated heterocycles. The number of halogens is 1. The number of carbonyl (C=O) groups excluding carboxylic acids is 2. The molecule has 1 aromatic heterocycles. The second kappa shape index (κ2) is 7.74. The highest BCUT2D eigenvalue weighted by Gasteiger charge is 2.38. The molecule has 2 aromatic carbocycles. The van der Waals surface area contributed by atoms with Crippen molar-refractivity contribution in [3.05, 3.63) is 86.9 Å². The Morgan fingerprint density at radius 1 is 1.23 bits per heavy atom. The van der Waals surface area contributed by atoms with Gasteiger partial charge in [0.05, 0.1) is 17.6 Å². The highest BCUT2D eigenvalue weighted by Crippen LogP contribution is 2.37. The normalized spacial score (nSPS) is 15.1. The van der Waals surface area contributed by atoms with Crippen LogP contribution in [0.5, 0.6) is 0 Å². The van der Waals surface area contributed by atoms with Gasteiger partial charge in [0.25, 0.3) is 5.69 Å². The van der Waals surface area contributed by atoms with E-state index in [1.807, 2.05) is 0 Å². The molecule has 4 rings (SSSR count). The fraction of sp³-hybridized carbons (Fsp3) is 0.105. The van der Waals surface area contributed by atoms with Crippen molar-refractivity contribution in [1.82, 2.24) is 20.2 Å². The summed E-state index contributed by atoms with van der Waals surface area (Å²) in [7, 11) is 1.13. The van der Waals surface area contributed by atoms with Gasteiger partial charge in [0, 0.05) is 17.7 Å². The van der Waals surface area contributed by atoms with Gasteiger partial charge in [0.2, 0.25) is 5.95 Å². The van der Waals surface area contributed by atoms with E-state index in [0.717, 1.165) is 13.2 Å². The van der Waals surface area contributed by atoms with E-state index in [1.165, 1.54) is 41.1 Å². The number of benzene rings is 2. The van der Waals surface area contributed by atoms with Gasteiger partial charge in [-0.1, -0.05) is 29.4 Å². The number of anilines is 1. The second-order valence-corrected chi connectivity index (χ2v) is 6.45. The van der Waals surface area contributed by atoms with Crippen molar-refractivity contribution in [3.63, 3.8) is 0 Å². The van der Waals surface area contributed by atoms with Crippen LogP contribution in [0.3, 0.4) is 0 Å². The molecule has 0 fully saturated rings. The number of hydrogen-bond donors (Lipinski definition) is 1. The Balaban J connectivity index is 1.96. The number of Topliss-reactive ketones (excluding diaryl/α,β-unsaturated/α-hetero) is 1. The molecule has 1 N–H and O–H groups in total. The maximum Gasteiger partial charge on any atom is 0.355 e. The summed E-state index contributed by atoms with van der Waals surface area (Å²) in [6.07, 6.45) is 0. The minimum Gasteiger partial charge on any atom is -0.464 e. The number of ketones is 1. The number of nitro benzene ring substituents is 1. The average Bonchev–Trinajstić information content (AvgIpc) is 3.25. The summed E-state index contributed by atoms with van der Waals surface area (Å²) in [6, 6.07) is 9.31. The summed E-state index contributed by atoms with van der Waals surface area (Å²) in [5.41, 5.74) is -0.482. The average molecular weight is 424 g/mol. The lowest BCUT2D eigenvalue weighted by atomic mass is 9.89. The van der Waals surface area contributed by atoms with E-state index in [-0.39, 0.29) is 34.0 Å². The molecule has 0 radical (unpaired) electrons. The van der Waals surface area contributed by atoms with Crippen LogP contribution in [-0.4, -0.2) is 44.0 Å². The lowest BCUT2D eigenvalue weighted by molar-refractivity contribution is -0.384. The molecule has 12 heteroatoms. The van der Waals surface area contributed by atoms with Crippen LogP contribution in [0.15, 0.2) is 59.8 Å². The van der Waals surface area contributed by atoms with Crippen molar-refractivity contribution in [2.24, 2.45) is 0 Å². The predicted octanol–water partition coefficient (Wildman–Crippen LogP) is 2.05. The molecule has 1 atom stereocenters. The molecule has 2 heterocycles. The summed E-state index contributed by atoms with van der Waals surface area (Å²) in [6.45, 7) is 0. The van der Waals surface area contributed by atoms with E-state index in [0.29, 0.717) is 0 Å². The maximum atomic E-state index is 14.0. The number of fused-ring (bicyclic) bond motifs is 1. The summed E-state index contributed by atoms with van der Waals surface area (Å²) in [5, 5.41) is 25.0. The van der Waals surface area contributed by atoms with Crippen LogP contribution in [0.1, 0.15) is 22.0 Å². The maximum absolute atomic E-state index is 14.0. The van der Waals surface area contributed by atoms with Gasteiger partial charge >= 0.3 is 5.97 Å². The third kappa shape index (κ3) is 3.50. The number of tetrazole rings is 1. The molecule has 0 spiro atoms. The van der Waals surface area contributed by atoms with Gasteiger partial charge in [-0.25, -0.2) is 9.18 Å². The zero-order chi connectivity index (χ0) is 22.1. The van der Waals surface area contributed by atoms with Crippen molar-refractivity contribution < 1.29 is 23.6 Å². The molecule has 0 saturated carbocycles. The molecule has 0 aliphatic carbocycles. The third-order valence-corrected chi connectivity index (χ3v) is 4.63. The van der Waals surface area contributed by atoms with Gasteiger partial charge in [-0.2, -0.15) is 4.68 Å². The van der Waals surface area contributed by atoms with E-state index in [4.69, 9.17) is 4.74 Å². The van der Waals surface area contributed by atoms with E-state index in [1.54, 1.807) is 6.07 Å². The van der Waals surface area contributed by atoms with Gasteiger partial charge in [-0.05, 0) is 28.1 Å². The van der Waals surface area contributed by atoms with Crippen molar-refractivity contribution in [3.8, 4) is 0 Å². The molecule has 11 nitrogen and oxygen atoms in total. The van der Waals surface area contributed by atoms with Gasteiger partial charge in [0.1, 0.15) is 17.6 Å². The number of methoxy groups -OCH3 is 1. The number of hydrogen-bond acceptors (Lipinski definition) is 9. The van der Waals surface area contributed by atoms with Crippen LogP contribution >= 0.6 is 0 Å². The minimum atomic E-state index is -1.09. The Hall–Kier alpha value is -4.48. The van der Waals surface area contributed by atoms with E-state index < -0.39 is 28.5 Å². The summed E-state index contributed by atoms with van der Waals surface area (Å²) in [4.78, 5) is 36.5. The number of allylic oxidation sites excluding steroid dienone is 1. The van der Waals surface area contributed by atoms with Crippen LogP contribution in [0, 0.1) is 15.9 Å². The second-order valence-electron chi connectivity index (χ2n) is 6.45. The largest absolute Gasteiger partial charge is 0.464 e. The Morgan fingerprint density at radius 3 is 2.71 bits per heavy atom. The van der Waals surface area contributed by atoms with Crippen LogP contribution < -0.4 is 5.32 Å². The standard InChI is InChI=1S/C19H13FN6O5/c1-31-18(28)15-14(17(27)11-5-3-7-13(9-11)26(29)30)16(10-4-2-6-12(20)8-10)25-19(21-15)22-23-24-25/h2-9,16H,1H3,(H,21,22,24)/t16-/m1/s1. The smallest absolute Gasteiger partial charge is 0.355 e. The molecule has 0 bridgehead atoms. The Morgan fingerprint density at radius 2 is 2.00 bits per heavy atom. The third-order valence-electron chi connectivity index (χ3n) is 4.63. The Labute approximate surface area is 173 Å². The summed E-state index contributed by atoms with van der Waals surface area (Å²) < 4.78 is 20.0. The van der Waals surface area contributed by atoms with E-state index in [9.17, 15) is 24.1 Å². The molecular weight excluding hydrogens is 411 g/mol. The molecule has 1 aliphatic heterocycles. The zero-order valence-corrected chi connectivity index (χ0v) is 15.9. The van der Waals surface area contributed by atoms with Gasteiger partial charge < -0.3 is 10.1 Å². The molecule has 156 valence electrons. The lowest BCUT2D eigenvalue weighted by Gasteiger charge is -2.28. The molecule has 0 unspecified atom stereocenters. The monoisotopic (exact) mass is 424 g/mol. The number of aromatic nitrogens is 4. The van der Waals surface area contributed by atoms with Crippen molar-refractivity contribution in [2.75, 3.05) is 12.4 Å². The number of carbonyl (C=O) groups is 2. The quantitative estimate of drug-likeness (QED) is 0.282. The number of nitrogens with zero attached hydrogens (tertiary/aromatic N) is 5. The first kappa shape index (κ1) is 19.8. The van der Waals surface area contributed by atoms with Crippen molar-refractivity contribution >= 4 is 23.4 Å². The van der Waals surface area contributed by atoms with Gasteiger partial charge in [0.15, 0.2) is 5.78 Å². The van der Waals surface area contributed by atoms with E-state index in [2.05, 4.69) is 20.8 Å².